The maximum atomic E-state index is 10.6. The molecular weight excluding hydrogens is 194 g/mol. The molecule has 4 heteroatoms. The van der Waals surface area contributed by atoms with Gasteiger partial charge in [-0.3, -0.25) is 4.79 Å². The van der Waals surface area contributed by atoms with Crippen LogP contribution < -0.4 is 15.2 Å². The van der Waals surface area contributed by atoms with Gasteiger partial charge in [0.15, 0.2) is 18.1 Å². The van der Waals surface area contributed by atoms with Crippen LogP contribution in [0.5, 0.6) is 11.5 Å². The predicted octanol–water partition coefficient (Wildman–Crippen LogP) is 1.34. The summed E-state index contributed by atoms with van der Waals surface area (Å²) in [5.41, 5.74) is 4.99. The second-order valence-electron chi connectivity index (χ2n) is 3.05. The predicted molar refractivity (Wildman–Crippen MR) is 56.9 cm³/mol. The zero-order chi connectivity index (χ0) is 11.1. The van der Waals surface area contributed by atoms with Crippen molar-refractivity contribution in [2.75, 3.05) is 13.2 Å². The van der Waals surface area contributed by atoms with Gasteiger partial charge in [-0.1, -0.05) is 19.1 Å². The summed E-state index contributed by atoms with van der Waals surface area (Å²) in [6.45, 7) is 2.51. The van der Waals surface area contributed by atoms with E-state index >= 15 is 0 Å². The van der Waals surface area contributed by atoms with E-state index in [4.69, 9.17) is 15.2 Å². The van der Waals surface area contributed by atoms with Gasteiger partial charge in [0.25, 0.3) is 5.91 Å². The molecular formula is C11H15NO3. The Morgan fingerprint density at radius 2 is 1.87 bits per heavy atom. The molecule has 0 aliphatic rings. The number of primary amides is 1. The van der Waals surface area contributed by atoms with Crippen LogP contribution in [0.3, 0.4) is 0 Å². The number of hydrogen-bond acceptors (Lipinski definition) is 3. The molecule has 0 saturated carbocycles. The molecule has 15 heavy (non-hydrogen) atoms. The highest BCUT2D eigenvalue weighted by Gasteiger charge is 2.04. The first-order chi connectivity index (χ1) is 7.24. The Balaban J connectivity index is 2.63. The quantitative estimate of drug-likeness (QED) is 0.769. The maximum Gasteiger partial charge on any atom is 0.255 e. The monoisotopic (exact) mass is 209 g/mol. The van der Waals surface area contributed by atoms with Gasteiger partial charge in [0.1, 0.15) is 0 Å². The molecule has 0 heterocycles. The van der Waals surface area contributed by atoms with Gasteiger partial charge in [0.05, 0.1) is 6.61 Å². The van der Waals surface area contributed by atoms with Gasteiger partial charge in [-0.05, 0) is 18.6 Å². The van der Waals surface area contributed by atoms with E-state index in [0.717, 1.165) is 6.42 Å². The van der Waals surface area contributed by atoms with Crippen molar-refractivity contribution in [1.82, 2.24) is 0 Å². The van der Waals surface area contributed by atoms with Crippen LogP contribution in [0.1, 0.15) is 13.3 Å². The molecule has 0 radical (unpaired) electrons. The molecule has 0 unspecified atom stereocenters. The molecule has 82 valence electrons. The third-order valence-corrected chi connectivity index (χ3v) is 1.68. The number of nitrogens with two attached hydrogens (primary N) is 1. The van der Waals surface area contributed by atoms with E-state index in [9.17, 15) is 4.79 Å². The molecule has 0 spiro atoms. The molecule has 0 saturated heterocycles. The van der Waals surface area contributed by atoms with Crippen LogP contribution in [0, 0.1) is 0 Å². The number of para-hydroxylation sites is 2. The SMILES string of the molecule is CCCOc1ccccc1OCC(N)=O. The minimum atomic E-state index is -0.500. The Bertz CT molecular complexity index is 325. The van der Waals surface area contributed by atoms with Crippen molar-refractivity contribution in [2.45, 2.75) is 13.3 Å². The van der Waals surface area contributed by atoms with Gasteiger partial charge in [0, 0.05) is 0 Å². The third-order valence-electron chi connectivity index (χ3n) is 1.68. The topological polar surface area (TPSA) is 61.6 Å². The lowest BCUT2D eigenvalue weighted by Crippen LogP contribution is -2.20. The third kappa shape index (κ3) is 3.89. The van der Waals surface area contributed by atoms with Gasteiger partial charge in [-0.2, -0.15) is 0 Å². The molecule has 0 bridgehead atoms. The van der Waals surface area contributed by atoms with Gasteiger partial charge >= 0.3 is 0 Å². The zero-order valence-electron chi connectivity index (χ0n) is 8.73. The molecule has 0 atom stereocenters. The number of benzene rings is 1. The summed E-state index contributed by atoms with van der Waals surface area (Å²) in [4.78, 5) is 10.6. The first-order valence-corrected chi connectivity index (χ1v) is 4.87. The van der Waals surface area contributed by atoms with Crippen LogP contribution in [0.25, 0.3) is 0 Å². The number of carbonyl (C=O) groups is 1. The maximum absolute atomic E-state index is 10.6. The standard InChI is InChI=1S/C11H15NO3/c1-2-7-14-9-5-3-4-6-10(9)15-8-11(12)13/h3-6H,2,7-8H2,1H3,(H2,12,13). The Morgan fingerprint density at radius 1 is 1.27 bits per heavy atom. The Morgan fingerprint density at radius 3 is 2.40 bits per heavy atom. The molecule has 0 aliphatic carbocycles. The number of hydrogen-bond donors (Lipinski definition) is 1. The fourth-order valence-corrected chi connectivity index (χ4v) is 1.05. The van der Waals surface area contributed by atoms with Gasteiger partial charge < -0.3 is 15.2 Å². The number of amides is 1. The molecule has 0 fully saturated rings. The first-order valence-electron chi connectivity index (χ1n) is 4.87. The second-order valence-corrected chi connectivity index (χ2v) is 3.05. The summed E-state index contributed by atoms with van der Waals surface area (Å²) in [6, 6.07) is 7.21. The fourth-order valence-electron chi connectivity index (χ4n) is 1.05. The number of ether oxygens (including phenoxy) is 2. The highest BCUT2D eigenvalue weighted by Crippen LogP contribution is 2.26. The van der Waals surface area contributed by atoms with Crippen molar-refractivity contribution in [3.8, 4) is 11.5 Å². The van der Waals surface area contributed by atoms with Crippen molar-refractivity contribution in [3.63, 3.8) is 0 Å². The van der Waals surface area contributed by atoms with Crippen LogP contribution in [-0.2, 0) is 4.79 Å². The minimum absolute atomic E-state index is 0.132. The Labute approximate surface area is 89.0 Å². The van der Waals surface area contributed by atoms with E-state index in [1.165, 1.54) is 0 Å². The molecule has 1 aromatic rings. The highest BCUT2D eigenvalue weighted by molar-refractivity contribution is 5.75. The molecule has 4 nitrogen and oxygen atoms in total. The summed E-state index contributed by atoms with van der Waals surface area (Å²) < 4.78 is 10.6. The smallest absolute Gasteiger partial charge is 0.255 e. The van der Waals surface area contributed by atoms with E-state index in [2.05, 4.69) is 0 Å². The minimum Gasteiger partial charge on any atom is -0.490 e. The van der Waals surface area contributed by atoms with E-state index in [1.54, 1.807) is 12.1 Å². The van der Waals surface area contributed by atoms with Crippen molar-refractivity contribution in [2.24, 2.45) is 5.73 Å². The molecule has 1 amide bonds. The summed E-state index contributed by atoms with van der Waals surface area (Å²) in [5, 5.41) is 0. The largest absolute Gasteiger partial charge is 0.490 e. The van der Waals surface area contributed by atoms with E-state index in [1.807, 2.05) is 19.1 Å². The highest BCUT2D eigenvalue weighted by atomic mass is 16.5. The lowest BCUT2D eigenvalue weighted by atomic mass is 10.3. The lowest BCUT2D eigenvalue weighted by Gasteiger charge is -2.10. The van der Waals surface area contributed by atoms with E-state index < -0.39 is 5.91 Å². The number of carbonyl (C=O) groups excluding carboxylic acids is 1. The van der Waals surface area contributed by atoms with E-state index in [0.29, 0.717) is 18.1 Å². The number of rotatable bonds is 6. The van der Waals surface area contributed by atoms with Crippen LogP contribution in [0.15, 0.2) is 24.3 Å². The average Bonchev–Trinajstić information content (AvgIpc) is 2.24. The normalized spacial score (nSPS) is 9.67. The van der Waals surface area contributed by atoms with Crippen molar-refractivity contribution >= 4 is 5.91 Å². The average molecular weight is 209 g/mol. The molecule has 1 rings (SSSR count). The summed E-state index contributed by atoms with van der Waals surface area (Å²) in [6.07, 6.45) is 0.921. The molecule has 2 N–H and O–H groups in total. The lowest BCUT2D eigenvalue weighted by molar-refractivity contribution is -0.119. The van der Waals surface area contributed by atoms with E-state index in [-0.39, 0.29) is 6.61 Å². The molecule has 0 aliphatic heterocycles. The van der Waals surface area contributed by atoms with Crippen molar-refractivity contribution in [3.05, 3.63) is 24.3 Å². The van der Waals surface area contributed by atoms with Gasteiger partial charge in [0.2, 0.25) is 0 Å². The Kier molecular flexibility index (Phi) is 4.47. The van der Waals surface area contributed by atoms with Gasteiger partial charge in [-0.15, -0.1) is 0 Å². The van der Waals surface area contributed by atoms with Crippen molar-refractivity contribution < 1.29 is 14.3 Å². The molecule has 0 aromatic heterocycles. The fraction of sp³-hybridized carbons (Fsp3) is 0.364. The van der Waals surface area contributed by atoms with Crippen LogP contribution in [0.2, 0.25) is 0 Å². The zero-order valence-corrected chi connectivity index (χ0v) is 8.73. The van der Waals surface area contributed by atoms with Gasteiger partial charge in [-0.25, -0.2) is 0 Å². The first kappa shape index (κ1) is 11.4. The van der Waals surface area contributed by atoms with Crippen LogP contribution >= 0.6 is 0 Å². The summed E-state index contributed by atoms with van der Waals surface area (Å²) in [5.74, 6) is 0.686. The van der Waals surface area contributed by atoms with Crippen molar-refractivity contribution in [1.29, 1.82) is 0 Å². The summed E-state index contributed by atoms with van der Waals surface area (Å²) >= 11 is 0. The second kappa shape index (κ2) is 5.90. The van der Waals surface area contributed by atoms with Crippen LogP contribution in [0.4, 0.5) is 0 Å². The molecule has 1 aromatic carbocycles. The van der Waals surface area contributed by atoms with Crippen LogP contribution in [-0.4, -0.2) is 19.1 Å². The Hall–Kier alpha value is -1.71. The summed E-state index contributed by atoms with van der Waals surface area (Å²) in [7, 11) is 0.